The average molecular weight is 187 g/mol. The van der Waals surface area contributed by atoms with Gasteiger partial charge in [-0.15, -0.1) is 0 Å². The predicted octanol–water partition coefficient (Wildman–Crippen LogP) is 0.836. The topological polar surface area (TPSA) is 32.7 Å². The summed E-state index contributed by atoms with van der Waals surface area (Å²) in [4.78, 5) is 16.8. The van der Waals surface area contributed by atoms with Crippen LogP contribution in [0.15, 0.2) is 29.3 Å². The zero-order valence-electron chi connectivity index (χ0n) is 8.03. The normalized spacial score (nSPS) is 15.5. The highest BCUT2D eigenvalue weighted by molar-refractivity contribution is 6.00. The lowest BCUT2D eigenvalue weighted by atomic mass is 10.1. The third-order valence-electron chi connectivity index (χ3n) is 2.32. The minimum Gasteiger partial charge on any atom is -0.358 e. The van der Waals surface area contributed by atoms with E-state index in [1.165, 1.54) is 0 Å². The van der Waals surface area contributed by atoms with Crippen molar-refractivity contribution in [3.8, 4) is 0 Å². The highest BCUT2D eigenvalue weighted by atomic mass is 16.1. The Hall–Kier alpha value is -1.64. The number of nitrogens with zero attached hydrogens (tertiary/aromatic N) is 2. The molecule has 0 unspecified atom stereocenters. The van der Waals surface area contributed by atoms with Gasteiger partial charge in [-0.05, 0) is 0 Å². The standard InChI is InChI=1S/C11H11N2O/c1-13-7-6-12-11(13)10-4-2-9(8-14)3-5-10/h2-5H,6-7H2,1H3. The number of likely N-dealkylation sites (N-methyl/N-ethyl adjacent to an activating group) is 1. The highest BCUT2D eigenvalue weighted by Crippen LogP contribution is 2.10. The molecule has 1 aliphatic heterocycles. The van der Waals surface area contributed by atoms with Crippen molar-refractivity contribution >= 4 is 12.1 Å². The molecule has 0 bridgehead atoms. The van der Waals surface area contributed by atoms with Crippen LogP contribution in [0.5, 0.6) is 0 Å². The van der Waals surface area contributed by atoms with Gasteiger partial charge in [0.25, 0.3) is 0 Å². The number of rotatable bonds is 2. The number of aliphatic imine (C=N–C) groups is 1. The first-order valence-electron chi connectivity index (χ1n) is 4.55. The van der Waals surface area contributed by atoms with E-state index < -0.39 is 0 Å². The SMILES string of the molecule is CN1CCN=C1c1ccc([C]=O)cc1. The summed E-state index contributed by atoms with van der Waals surface area (Å²) in [5.41, 5.74) is 1.64. The Balaban J connectivity index is 2.29. The Morgan fingerprint density at radius 1 is 1.36 bits per heavy atom. The summed E-state index contributed by atoms with van der Waals surface area (Å²) in [5, 5.41) is 0. The Morgan fingerprint density at radius 2 is 2.07 bits per heavy atom. The Bertz CT molecular complexity index is 367. The minimum absolute atomic E-state index is 0.579. The van der Waals surface area contributed by atoms with Crippen molar-refractivity contribution in [2.75, 3.05) is 20.1 Å². The molecule has 1 aliphatic rings. The summed E-state index contributed by atoms with van der Waals surface area (Å²) in [6.07, 6.45) is 1.85. The van der Waals surface area contributed by atoms with E-state index in [2.05, 4.69) is 9.89 Å². The molecule has 1 aromatic rings. The maximum absolute atomic E-state index is 10.3. The van der Waals surface area contributed by atoms with E-state index in [4.69, 9.17) is 0 Å². The lowest BCUT2D eigenvalue weighted by Gasteiger charge is -2.13. The fourth-order valence-electron chi connectivity index (χ4n) is 1.53. The van der Waals surface area contributed by atoms with Gasteiger partial charge in [0.1, 0.15) is 5.84 Å². The van der Waals surface area contributed by atoms with Gasteiger partial charge < -0.3 is 4.90 Å². The molecule has 0 saturated heterocycles. The van der Waals surface area contributed by atoms with E-state index in [9.17, 15) is 4.79 Å². The molecular weight excluding hydrogens is 176 g/mol. The Labute approximate surface area is 83.1 Å². The van der Waals surface area contributed by atoms with Crippen LogP contribution in [-0.4, -0.2) is 37.2 Å². The van der Waals surface area contributed by atoms with Gasteiger partial charge in [-0.25, -0.2) is 0 Å². The summed E-state index contributed by atoms with van der Waals surface area (Å²) >= 11 is 0. The molecule has 0 fully saturated rings. The van der Waals surface area contributed by atoms with Gasteiger partial charge in [-0.1, -0.05) is 24.3 Å². The lowest BCUT2D eigenvalue weighted by Crippen LogP contribution is -2.23. The van der Waals surface area contributed by atoms with E-state index in [0.717, 1.165) is 24.5 Å². The van der Waals surface area contributed by atoms with Crippen molar-refractivity contribution in [3.05, 3.63) is 35.4 Å². The summed E-state index contributed by atoms with van der Waals surface area (Å²) in [7, 11) is 2.02. The van der Waals surface area contributed by atoms with Gasteiger partial charge in [0.15, 0.2) is 0 Å². The molecule has 0 N–H and O–H groups in total. The third-order valence-corrected chi connectivity index (χ3v) is 2.32. The molecule has 1 radical (unpaired) electrons. The highest BCUT2D eigenvalue weighted by Gasteiger charge is 2.13. The van der Waals surface area contributed by atoms with Crippen LogP contribution < -0.4 is 0 Å². The number of carbonyl (C=O) groups excluding carboxylic acids is 1. The molecule has 0 aromatic heterocycles. The zero-order chi connectivity index (χ0) is 9.97. The second-order valence-electron chi connectivity index (χ2n) is 3.31. The van der Waals surface area contributed by atoms with Crippen LogP contribution in [0.25, 0.3) is 0 Å². The molecule has 0 saturated carbocycles. The van der Waals surface area contributed by atoms with Crippen LogP contribution in [0.2, 0.25) is 0 Å². The Morgan fingerprint density at radius 3 is 2.57 bits per heavy atom. The second-order valence-corrected chi connectivity index (χ2v) is 3.31. The second kappa shape index (κ2) is 3.62. The number of hydrogen-bond acceptors (Lipinski definition) is 3. The number of amidine groups is 1. The molecule has 3 heteroatoms. The smallest absolute Gasteiger partial charge is 0.233 e. The monoisotopic (exact) mass is 187 g/mol. The van der Waals surface area contributed by atoms with Crippen LogP contribution in [0.4, 0.5) is 0 Å². The maximum Gasteiger partial charge on any atom is 0.233 e. The van der Waals surface area contributed by atoms with Crippen molar-refractivity contribution < 1.29 is 4.79 Å². The number of hydrogen-bond donors (Lipinski definition) is 0. The first kappa shape index (κ1) is 8.94. The van der Waals surface area contributed by atoms with E-state index in [0.29, 0.717) is 5.56 Å². The van der Waals surface area contributed by atoms with Gasteiger partial charge in [-0.2, -0.15) is 0 Å². The van der Waals surface area contributed by atoms with Crippen LogP contribution in [0.3, 0.4) is 0 Å². The maximum atomic E-state index is 10.3. The molecule has 3 nitrogen and oxygen atoms in total. The fourth-order valence-corrected chi connectivity index (χ4v) is 1.53. The summed E-state index contributed by atoms with van der Waals surface area (Å²) in [6.45, 7) is 1.82. The molecule has 0 amide bonds. The third kappa shape index (κ3) is 1.53. The van der Waals surface area contributed by atoms with Gasteiger partial charge in [0.05, 0.1) is 6.54 Å². The molecule has 14 heavy (non-hydrogen) atoms. The first-order chi connectivity index (χ1) is 6.81. The van der Waals surface area contributed by atoms with Crippen LogP contribution in [-0.2, 0) is 4.79 Å². The molecule has 2 rings (SSSR count). The van der Waals surface area contributed by atoms with Crippen LogP contribution in [0.1, 0.15) is 11.1 Å². The van der Waals surface area contributed by atoms with Gasteiger partial charge in [0.2, 0.25) is 6.29 Å². The van der Waals surface area contributed by atoms with Crippen molar-refractivity contribution in [3.63, 3.8) is 0 Å². The van der Waals surface area contributed by atoms with E-state index in [-0.39, 0.29) is 0 Å². The van der Waals surface area contributed by atoms with Crippen LogP contribution >= 0.6 is 0 Å². The fraction of sp³-hybridized carbons (Fsp3) is 0.273. The summed E-state index contributed by atoms with van der Waals surface area (Å²) < 4.78 is 0. The van der Waals surface area contributed by atoms with Gasteiger partial charge >= 0.3 is 0 Å². The molecule has 1 aromatic carbocycles. The molecule has 71 valence electrons. The van der Waals surface area contributed by atoms with Crippen molar-refractivity contribution in [2.45, 2.75) is 0 Å². The van der Waals surface area contributed by atoms with Crippen LogP contribution in [0, 0.1) is 0 Å². The largest absolute Gasteiger partial charge is 0.358 e. The lowest BCUT2D eigenvalue weighted by molar-refractivity contribution is 0.556. The molecule has 0 atom stereocenters. The van der Waals surface area contributed by atoms with Crippen molar-refractivity contribution in [1.82, 2.24) is 4.90 Å². The molecule has 1 heterocycles. The molecular formula is C11H11N2O. The zero-order valence-corrected chi connectivity index (χ0v) is 8.03. The quantitative estimate of drug-likeness (QED) is 0.687. The van der Waals surface area contributed by atoms with Crippen molar-refractivity contribution in [2.24, 2.45) is 4.99 Å². The van der Waals surface area contributed by atoms with E-state index in [1.54, 1.807) is 12.1 Å². The van der Waals surface area contributed by atoms with E-state index in [1.807, 2.05) is 25.5 Å². The average Bonchev–Trinajstić information content (AvgIpc) is 2.65. The van der Waals surface area contributed by atoms with Crippen molar-refractivity contribution in [1.29, 1.82) is 0 Å². The first-order valence-corrected chi connectivity index (χ1v) is 4.55. The van der Waals surface area contributed by atoms with E-state index >= 15 is 0 Å². The van der Waals surface area contributed by atoms with Gasteiger partial charge in [0, 0.05) is 24.7 Å². The predicted molar refractivity (Wildman–Crippen MR) is 55.3 cm³/mol. The molecule has 0 aliphatic carbocycles. The van der Waals surface area contributed by atoms with Gasteiger partial charge in [-0.3, -0.25) is 9.79 Å². The number of benzene rings is 1. The minimum atomic E-state index is 0.579. The Kier molecular flexibility index (Phi) is 2.31. The molecule has 0 spiro atoms. The summed E-state index contributed by atoms with van der Waals surface area (Å²) in [5.74, 6) is 1.00. The summed E-state index contributed by atoms with van der Waals surface area (Å²) in [6, 6.07) is 7.33.